The Morgan fingerprint density at radius 1 is 1.12 bits per heavy atom. The summed E-state index contributed by atoms with van der Waals surface area (Å²) >= 11 is 6.77. The SMILES string of the molecule is O=C([O-])/C(=C\c1ccc(Cl)cc1)c1ccc(S(=O)(=O)N2CCCC2)s1. The lowest BCUT2D eigenvalue weighted by Crippen LogP contribution is -2.27. The molecule has 0 N–H and O–H groups in total. The van der Waals surface area contributed by atoms with Crippen LogP contribution in [0.4, 0.5) is 0 Å². The Balaban J connectivity index is 1.95. The van der Waals surface area contributed by atoms with Crippen LogP contribution in [0.2, 0.25) is 5.02 Å². The lowest BCUT2D eigenvalue weighted by molar-refractivity contribution is -0.295. The number of carboxylic acids is 1. The Morgan fingerprint density at radius 2 is 1.76 bits per heavy atom. The fourth-order valence-corrected chi connectivity index (χ4v) is 5.72. The van der Waals surface area contributed by atoms with Crippen molar-refractivity contribution in [2.75, 3.05) is 13.1 Å². The predicted molar refractivity (Wildman–Crippen MR) is 96.6 cm³/mol. The summed E-state index contributed by atoms with van der Waals surface area (Å²) in [5.74, 6) is -1.36. The standard InChI is InChI=1S/C17H16ClNO4S2/c18-13-5-3-12(4-6-13)11-14(17(20)21)15-7-8-16(24-15)25(22,23)19-9-1-2-10-19/h3-8,11H,1-2,9-10H2,(H,20,21)/p-1/b14-11-. The highest BCUT2D eigenvalue weighted by Gasteiger charge is 2.28. The lowest BCUT2D eigenvalue weighted by Gasteiger charge is -2.13. The van der Waals surface area contributed by atoms with Crippen LogP contribution < -0.4 is 5.11 Å². The van der Waals surface area contributed by atoms with Crippen LogP contribution in [0.15, 0.2) is 40.6 Å². The predicted octanol–water partition coefficient (Wildman–Crippen LogP) is 2.48. The molecule has 1 fully saturated rings. The molecule has 2 heterocycles. The first kappa shape index (κ1) is 18.1. The maximum atomic E-state index is 12.6. The highest BCUT2D eigenvalue weighted by Crippen LogP contribution is 2.31. The molecule has 0 amide bonds. The topological polar surface area (TPSA) is 77.5 Å². The molecule has 0 bridgehead atoms. The van der Waals surface area contributed by atoms with Crippen LogP contribution in [-0.2, 0) is 14.8 Å². The summed E-state index contributed by atoms with van der Waals surface area (Å²) in [6.07, 6.45) is 3.14. The van der Waals surface area contributed by atoms with Crippen LogP contribution in [0.1, 0.15) is 23.3 Å². The smallest absolute Gasteiger partial charge is 0.252 e. The number of benzene rings is 1. The quantitative estimate of drug-likeness (QED) is 0.727. The van der Waals surface area contributed by atoms with Gasteiger partial charge in [0.05, 0.1) is 5.97 Å². The van der Waals surface area contributed by atoms with Crippen molar-refractivity contribution in [1.82, 2.24) is 4.31 Å². The van der Waals surface area contributed by atoms with Gasteiger partial charge in [-0.1, -0.05) is 23.7 Å². The maximum absolute atomic E-state index is 12.6. The molecule has 0 radical (unpaired) electrons. The van der Waals surface area contributed by atoms with Gasteiger partial charge in [-0.15, -0.1) is 11.3 Å². The number of carbonyl (C=O) groups is 1. The lowest BCUT2D eigenvalue weighted by atomic mass is 10.1. The Hall–Kier alpha value is -1.67. The van der Waals surface area contributed by atoms with Gasteiger partial charge in [0.2, 0.25) is 0 Å². The van der Waals surface area contributed by atoms with E-state index in [9.17, 15) is 18.3 Å². The molecule has 8 heteroatoms. The monoisotopic (exact) mass is 396 g/mol. The second kappa shape index (κ2) is 7.29. The number of hydrogen-bond acceptors (Lipinski definition) is 5. The summed E-state index contributed by atoms with van der Waals surface area (Å²) in [6, 6.07) is 9.62. The number of nitrogens with zero attached hydrogens (tertiary/aromatic N) is 1. The van der Waals surface area contributed by atoms with E-state index in [0.29, 0.717) is 28.6 Å². The molecule has 0 saturated carbocycles. The molecule has 1 aliphatic rings. The first-order chi connectivity index (χ1) is 11.9. The zero-order valence-electron chi connectivity index (χ0n) is 13.1. The number of thiophene rings is 1. The first-order valence-electron chi connectivity index (χ1n) is 7.67. The summed E-state index contributed by atoms with van der Waals surface area (Å²) < 4.78 is 26.7. The number of sulfonamides is 1. The Kier molecular flexibility index (Phi) is 5.29. The molecule has 1 aliphatic heterocycles. The number of carboxylic acid groups (broad SMARTS) is 1. The second-order valence-corrected chi connectivity index (χ2v) is 9.31. The van der Waals surface area contributed by atoms with Crippen LogP contribution in [0.25, 0.3) is 11.6 Å². The first-order valence-corrected chi connectivity index (χ1v) is 10.3. The fourth-order valence-electron chi connectivity index (χ4n) is 2.62. The van der Waals surface area contributed by atoms with Crippen LogP contribution in [0.3, 0.4) is 0 Å². The molecule has 0 aliphatic carbocycles. The summed E-state index contributed by atoms with van der Waals surface area (Å²) in [4.78, 5) is 11.9. The van der Waals surface area contributed by atoms with Crippen molar-refractivity contribution in [2.24, 2.45) is 0 Å². The Bertz CT molecular complexity index is 910. The largest absolute Gasteiger partial charge is 0.545 e. The highest BCUT2D eigenvalue weighted by atomic mass is 35.5. The summed E-state index contributed by atoms with van der Waals surface area (Å²) in [5.41, 5.74) is 0.580. The summed E-state index contributed by atoms with van der Waals surface area (Å²) in [5, 5.41) is 12.1. The van der Waals surface area contributed by atoms with E-state index in [4.69, 9.17) is 11.6 Å². The van der Waals surface area contributed by atoms with Gasteiger partial charge in [0.15, 0.2) is 0 Å². The molecular weight excluding hydrogens is 382 g/mol. The van der Waals surface area contributed by atoms with E-state index in [1.807, 2.05) is 0 Å². The molecule has 0 atom stereocenters. The van der Waals surface area contributed by atoms with Crippen molar-refractivity contribution in [3.8, 4) is 0 Å². The van der Waals surface area contributed by atoms with Crippen LogP contribution in [0, 0.1) is 0 Å². The third-order valence-electron chi connectivity index (χ3n) is 3.91. The summed E-state index contributed by atoms with van der Waals surface area (Å²) in [6.45, 7) is 1.01. The van der Waals surface area contributed by atoms with E-state index in [-0.39, 0.29) is 9.78 Å². The molecule has 5 nitrogen and oxygen atoms in total. The van der Waals surface area contributed by atoms with Crippen LogP contribution in [0.5, 0.6) is 0 Å². The van der Waals surface area contributed by atoms with E-state index in [1.54, 1.807) is 24.3 Å². The summed E-state index contributed by atoms with van der Waals surface area (Å²) in [7, 11) is -3.56. The molecule has 0 unspecified atom stereocenters. The number of carbonyl (C=O) groups excluding carboxylic acids is 1. The van der Waals surface area contributed by atoms with E-state index in [1.165, 1.54) is 22.5 Å². The van der Waals surface area contributed by atoms with Crippen molar-refractivity contribution in [3.63, 3.8) is 0 Å². The normalized spacial score (nSPS) is 16.3. The molecule has 1 aromatic carbocycles. The maximum Gasteiger partial charge on any atom is 0.252 e. The minimum atomic E-state index is -3.56. The average Bonchev–Trinajstić information content (AvgIpc) is 3.26. The number of aliphatic carboxylic acids is 1. The van der Waals surface area contributed by atoms with Gasteiger partial charge in [-0.3, -0.25) is 0 Å². The van der Waals surface area contributed by atoms with E-state index >= 15 is 0 Å². The average molecular weight is 397 g/mol. The van der Waals surface area contributed by atoms with Crippen molar-refractivity contribution >= 4 is 50.6 Å². The third kappa shape index (κ3) is 3.95. The van der Waals surface area contributed by atoms with Crippen molar-refractivity contribution < 1.29 is 18.3 Å². The van der Waals surface area contributed by atoms with Gasteiger partial charge < -0.3 is 9.90 Å². The fraction of sp³-hybridized carbons (Fsp3) is 0.235. The van der Waals surface area contributed by atoms with Gasteiger partial charge in [-0.05, 0) is 48.7 Å². The van der Waals surface area contributed by atoms with E-state index in [2.05, 4.69) is 0 Å². The van der Waals surface area contributed by atoms with Gasteiger partial charge in [0.1, 0.15) is 4.21 Å². The number of rotatable bonds is 5. The molecule has 1 aromatic heterocycles. The van der Waals surface area contributed by atoms with Crippen molar-refractivity contribution in [2.45, 2.75) is 17.1 Å². The molecule has 0 spiro atoms. The van der Waals surface area contributed by atoms with Gasteiger partial charge in [-0.25, -0.2) is 8.42 Å². The molecule has 25 heavy (non-hydrogen) atoms. The Morgan fingerprint density at radius 3 is 2.36 bits per heavy atom. The third-order valence-corrected chi connectivity index (χ3v) is 7.64. The minimum Gasteiger partial charge on any atom is -0.545 e. The van der Waals surface area contributed by atoms with Crippen molar-refractivity contribution in [1.29, 1.82) is 0 Å². The molecule has 1 saturated heterocycles. The van der Waals surface area contributed by atoms with Crippen LogP contribution in [-0.4, -0.2) is 31.8 Å². The second-order valence-electron chi connectivity index (χ2n) is 5.63. The van der Waals surface area contributed by atoms with Crippen LogP contribution >= 0.6 is 22.9 Å². The van der Waals surface area contributed by atoms with E-state index in [0.717, 1.165) is 24.2 Å². The number of hydrogen-bond donors (Lipinski definition) is 0. The molecule has 3 rings (SSSR count). The zero-order chi connectivity index (χ0) is 18.0. The van der Waals surface area contributed by atoms with Gasteiger partial charge in [0.25, 0.3) is 10.0 Å². The Labute approximate surface area is 155 Å². The van der Waals surface area contributed by atoms with Gasteiger partial charge in [-0.2, -0.15) is 4.31 Å². The molecule has 132 valence electrons. The van der Waals surface area contributed by atoms with Gasteiger partial charge >= 0.3 is 0 Å². The molecule has 2 aromatic rings. The van der Waals surface area contributed by atoms with E-state index < -0.39 is 16.0 Å². The van der Waals surface area contributed by atoms with Gasteiger partial charge in [0, 0.05) is 28.6 Å². The molecular formula is C17H15ClNO4S2-. The number of halogens is 1. The highest BCUT2D eigenvalue weighted by molar-refractivity contribution is 7.91. The van der Waals surface area contributed by atoms with Crippen molar-refractivity contribution in [3.05, 3.63) is 51.9 Å². The minimum absolute atomic E-state index is 0.0600. The zero-order valence-corrected chi connectivity index (χ0v) is 15.5.